The van der Waals surface area contributed by atoms with Gasteiger partial charge in [-0.15, -0.1) is 0 Å². The molecule has 0 saturated carbocycles. The first-order valence-corrected chi connectivity index (χ1v) is 9.49. The maximum absolute atomic E-state index is 12.9. The van der Waals surface area contributed by atoms with Crippen LogP contribution in [0.1, 0.15) is 22.5 Å². The normalized spacial score (nSPS) is 11.5. The lowest BCUT2D eigenvalue weighted by atomic mass is 10.2. The highest BCUT2D eigenvalue weighted by molar-refractivity contribution is 7.92. The second-order valence-corrected chi connectivity index (χ2v) is 7.84. The first-order valence-electron chi connectivity index (χ1n) is 8.01. The second-order valence-electron chi connectivity index (χ2n) is 6.22. The van der Waals surface area contributed by atoms with Crippen molar-refractivity contribution in [1.82, 2.24) is 9.78 Å². The Morgan fingerprint density at radius 1 is 0.920 bits per heavy atom. The van der Waals surface area contributed by atoms with Crippen molar-refractivity contribution in [2.24, 2.45) is 0 Å². The van der Waals surface area contributed by atoms with Gasteiger partial charge in [0.2, 0.25) is 0 Å². The lowest BCUT2D eigenvalue weighted by molar-refractivity contribution is 0.600. The van der Waals surface area contributed by atoms with Crippen LogP contribution < -0.4 is 4.72 Å². The molecule has 0 spiro atoms. The first kappa shape index (κ1) is 17.2. The van der Waals surface area contributed by atoms with Crippen LogP contribution in [0.2, 0.25) is 0 Å². The van der Waals surface area contributed by atoms with Gasteiger partial charge in [0.1, 0.15) is 4.90 Å². The lowest BCUT2D eigenvalue weighted by Gasteiger charge is -2.10. The summed E-state index contributed by atoms with van der Waals surface area (Å²) in [6.45, 7) is 7.41. The van der Waals surface area contributed by atoms with Gasteiger partial charge in [-0.25, -0.2) is 13.1 Å². The average molecular weight is 355 g/mol. The van der Waals surface area contributed by atoms with Crippen LogP contribution in [0.5, 0.6) is 0 Å². The Bertz CT molecular complexity index is 1020. The van der Waals surface area contributed by atoms with E-state index in [1.165, 1.54) is 0 Å². The summed E-state index contributed by atoms with van der Waals surface area (Å²) in [4.78, 5) is 0.217. The third kappa shape index (κ3) is 3.44. The van der Waals surface area contributed by atoms with E-state index >= 15 is 0 Å². The molecular formula is C19H21N3O2S. The van der Waals surface area contributed by atoms with Crippen LogP contribution in [-0.2, 0) is 10.0 Å². The summed E-state index contributed by atoms with van der Waals surface area (Å²) in [5.74, 6) is 0. The first-order chi connectivity index (χ1) is 11.8. The summed E-state index contributed by atoms with van der Waals surface area (Å²) < 4.78 is 30.1. The highest BCUT2D eigenvalue weighted by atomic mass is 32.2. The van der Waals surface area contributed by atoms with E-state index in [4.69, 9.17) is 0 Å². The van der Waals surface area contributed by atoms with Crippen LogP contribution in [0.15, 0.2) is 53.4 Å². The topological polar surface area (TPSA) is 64.0 Å². The fraction of sp³-hybridized carbons (Fsp3) is 0.211. The van der Waals surface area contributed by atoms with Gasteiger partial charge in [0.05, 0.1) is 17.1 Å². The molecule has 0 atom stereocenters. The van der Waals surface area contributed by atoms with Crippen molar-refractivity contribution in [2.45, 2.75) is 32.6 Å². The Morgan fingerprint density at radius 2 is 1.60 bits per heavy atom. The van der Waals surface area contributed by atoms with Gasteiger partial charge >= 0.3 is 0 Å². The molecule has 2 aromatic carbocycles. The number of aromatic nitrogens is 2. The van der Waals surface area contributed by atoms with Gasteiger partial charge < -0.3 is 0 Å². The summed E-state index contributed by atoms with van der Waals surface area (Å²) >= 11 is 0. The molecule has 3 aromatic rings. The van der Waals surface area contributed by atoms with Crippen molar-refractivity contribution < 1.29 is 8.42 Å². The van der Waals surface area contributed by atoms with Crippen LogP contribution >= 0.6 is 0 Å². The molecule has 0 aliphatic heterocycles. The molecule has 5 nitrogen and oxygen atoms in total. The molecule has 1 aromatic heterocycles. The molecule has 6 heteroatoms. The number of aryl methyl sites for hydroxylation is 3. The SMILES string of the molecule is Cc1ccc(-n2nc(C)c(S(=O)(=O)Nc3cccc(C)c3)c2C)cc1. The molecule has 3 rings (SSSR count). The quantitative estimate of drug-likeness (QED) is 0.772. The zero-order valence-corrected chi connectivity index (χ0v) is 15.6. The van der Waals surface area contributed by atoms with E-state index in [9.17, 15) is 8.42 Å². The van der Waals surface area contributed by atoms with Crippen LogP contribution in [0, 0.1) is 27.7 Å². The molecule has 0 fully saturated rings. The zero-order chi connectivity index (χ0) is 18.2. The Hall–Kier alpha value is -2.60. The van der Waals surface area contributed by atoms with Gasteiger partial charge in [-0.05, 0) is 57.5 Å². The molecule has 1 N–H and O–H groups in total. The van der Waals surface area contributed by atoms with Crippen molar-refractivity contribution in [3.63, 3.8) is 0 Å². The predicted molar refractivity (Wildman–Crippen MR) is 99.8 cm³/mol. The van der Waals surface area contributed by atoms with Gasteiger partial charge in [-0.1, -0.05) is 29.8 Å². The van der Waals surface area contributed by atoms with Crippen LogP contribution in [0.25, 0.3) is 5.69 Å². The van der Waals surface area contributed by atoms with E-state index in [1.54, 1.807) is 30.7 Å². The number of hydrogen-bond donors (Lipinski definition) is 1. The molecular weight excluding hydrogens is 334 g/mol. The minimum Gasteiger partial charge on any atom is -0.280 e. The van der Waals surface area contributed by atoms with Crippen molar-refractivity contribution in [2.75, 3.05) is 4.72 Å². The number of nitrogens with zero attached hydrogens (tertiary/aromatic N) is 2. The van der Waals surface area contributed by atoms with Gasteiger partial charge in [-0.2, -0.15) is 5.10 Å². The maximum atomic E-state index is 12.9. The van der Waals surface area contributed by atoms with Gasteiger partial charge in [-0.3, -0.25) is 4.72 Å². The van der Waals surface area contributed by atoms with E-state index in [-0.39, 0.29) is 4.90 Å². The van der Waals surface area contributed by atoms with Crippen molar-refractivity contribution >= 4 is 15.7 Å². The number of sulfonamides is 1. The fourth-order valence-corrected chi connectivity index (χ4v) is 4.31. The molecule has 1 heterocycles. The Morgan fingerprint density at radius 3 is 2.24 bits per heavy atom. The molecule has 0 amide bonds. The summed E-state index contributed by atoms with van der Waals surface area (Å²) in [7, 11) is -3.72. The average Bonchev–Trinajstić information content (AvgIpc) is 2.83. The van der Waals surface area contributed by atoms with Crippen molar-refractivity contribution in [3.8, 4) is 5.69 Å². The van der Waals surface area contributed by atoms with Gasteiger partial charge in [0, 0.05) is 5.69 Å². The van der Waals surface area contributed by atoms with E-state index in [0.29, 0.717) is 17.1 Å². The molecule has 0 radical (unpaired) electrons. The fourth-order valence-electron chi connectivity index (χ4n) is 2.87. The van der Waals surface area contributed by atoms with E-state index < -0.39 is 10.0 Å². The van der Waals surface area contributed by atoms with Crippen LogP contribution in [0.4, 0.5) is 5.69 Å². The summed E-state index contributed by atoms with van der Waals surface area (Å²) in [6.07, 6.45) is 0. The number of rotatable bonds is 4. The van der Waals surface area contributed by atoms with Gasteiger partial charge in [0.25, 0.3) is 10.0 Å². The summed E-state index contributed by atoms with van der Waals surface area (Å²) in [5.41, 5.74) is 4.56. The van der Waals surface area contributed by atoms with E-state index in [0.717, 1.165) is 16.8 Å². The monoisotopic (exact) mass is 355 g/mol. The molecule has 25 heavy (non-hydrogen) atoms. The molecule has 0 aliphatic rings. The lowest BCUT2D eigenvalue weighted by Crippen LogP contribution is -2.15. The van der Waals surface area contributed by atoms with Crippen LogP contribution in [-0.4, -0.2) is 18.2 Å². The molecule has 130 valence electrons. The maximum Gasteiger partial charge on any atom is 0.265 e. The highest BCUT2D eigenvalue weighted by Crippen LogP contribution is 2.25. The summed E-state index contributed by atoms with van der Waals surface area (Å²) in [6, 6.07) is 15.1. The summed E-state index contributed by atoms with van der Waals surface area (Å²) in [5, 5.41) is 4.43. The Balaban J connectivity index is 2.03. The van der Waals surface area contributed by atoms with Crippen LogP contribution in [0.3, 0.4) is 0 Å². The minimum atomic E-state index is -3.72. The Kier molecular flexibility index (Phi) is 4.39. The third-order valence-corrected chi connectivity index (χ3v) is 5.68. The third-order valence-electron chi connectivity index (χ3n) is 4.04. The smallest absolute Gasteiger partial charge is 0.265 e. The Labute approximate surface area is 148 Å². The molecule has 0 saturated heterocycles. The number of hydrogen-bond acceptors (Lipinski definition) is 3. The number of nitrogens with one attached hydrogen (secondary N) is 1. The number of benzene rings is 2. The molecule has 0 bridgehead atoms. The van der Waals surface area contributed by atoms with E-state index in [1.807, 2.05) is 50.2 Å². The predicted octanol–water partition coefficient (Wildman–Crippen LogP) is 3.91. The van der Waals surface area contributed by atoms with Gasteiger partial charge in [0.15, 0.2) is 0 Å². The zero-order valence-electron chi connectivity index (χ0n) is 14.7. The standard InChI is InChI=1S/C19H21N3O2S/c1-13-8-10-18(11-9-13)22-16(4)19(15(3)20-22)25(23,24)21-17-7-5-6-14(2)12-17/h5-12,21H,1-4H3. The molecule has 0 aliphatic carbocycles. The molecule has 0 unspecified atom stereocenters. The largest absolute Gasteiger partial charge is 0.280 e. The number of anilines is 1. The highest BCUT2D eigenvalue weighted by Gasteiger charge is 2.25. The van der Waals surface area contributed by atoms with Crippen molar-refractivity contribution in [1.29, 1.82) is 0 Å². The second kappa shape index (κ2) is 6.37. The van der Waals surface area contributed by atoms with Crippen molar-refractivity contribution in [3.05, 3.63) is 71.0 Å². The minimum absolute atomic E-state index is 0.217. The van der Waals surface area contributed by atoms with E-state index in [2.05, 4.69) is 9.82 Å².